The number of allylic oxidation sites excluding steroid dienone is 1. The van der Waals surface area contributed by atoms with Crippen molar-refractivity contribution in [2.75, 3.05) is 31.9 Å². The van der Waals surface area contributed by atoms with Crippen molar-refractivity contribution in [2.24, 2.45) is 0 Å². The van der Waals surface area contributed by atoms with Crippen LogP contribution in [0.5, 0.6) is 11.5 Å². The zero-order valence-electron chi connectivity index (χ0n) is 20.8. The molecule has 2 aromatic carbocycles. The van der Waals surface area contributed by atoms with Crippen LogP contribution >= 0.6 is 23.2 Å². The maximum Gasteiger partial charge on any atom is 0.227 e. The average Bonchev–Trinajstić information content (AvgIpc) is 2.90. The number of aryl methyl sites for hydroxylation is 1. The Balaban J connectivity index is 1.81. The van der Waals surface area contributed by atoms with E-state index in [1.54, 1.807) is 25.4 Å². The molecule has 0 spiro atoms. The number of nitrogens with zero attached hydrogens (tertiary/aromatic N) is 3. The summed E-state index contributed by atoms with van der Waals surface area (Å²) in [4.78, 5) is 25.9. The van der Waals surface area contributed by atoms with Gasteiger partial charge in [0, 0.05) is 42.4 Å². The summed E-state index contributed by atoms with van der Waals surface area (Å²) in [7, 11) is 4.78. The number of ketones is 1. The largest absolute Gasteiger partial charge is 0.495 e. The van der Waals surface area contributed by atoms with Crippen LogP contribution in [0.25, 0.3) is 22.2 Å². The molecule has 0 aliphatic rings. The van der Waals surface area contributed by atoms with E-state index in [9.17, 15) is 4.79 Å². The lowest BCUT2D eigenvalue weighted by Crippen LogP contribution is -2.06. The number of rotatable bonds is 9. The Bertz CT molecular complexity index is 1500. The molecule has 0 aliphatic carbocycles. The molecule has 4 aromatic rings. The third-order valence-corrected chi connectivity index (χ3v) is 6.57. The Labute approximate surface area is 224 Å². The summed E-state index contributed by atoms with van der Waals surface area (Å²) in [5, 5.41) is 7.68. The summed E-state index contributed by atoms with van der Waals surface area (Å²) >= 11 is 13.2. The van der Waals surface area contributed by atoms with E-state index in [-0.39, 0.29) is 12.2 Å². The smallest absolute Gasteiger partial charge is 0.227 e. The molecule has 4 rings (SSSR count). The van der Waals surface area contributed by atoms with E-state index in [4.69, 9.17) is 42.6 Å². The molecule has 0 amide bonds. The molecule has 8 nitrogen and oxygen atoms in total. The van der Waals surface area contributed by atoms with E-state index in [0.29, 0.717) is 55.5 Å². The van der Waals surface area contributed by atoms with Crippen molar-refractivity contribution in [3.63, 3.8) is 0 Å². The highest BCUT2D eigenvalue weighted by Crippen LogP contribution is 2.46. The molecule has 10 heteroatoms. The third-order valence-electron chi connectivity index (χ3n) is 5.82. The fourth-order valence-electron chi connectivity index (χ4n) is 3.94. The first-order valence-corrected chi connectivity index (χ1v) is 12.0. The number of carbonyl (C=O) groups is 1. The van der Waals surface area contributed by atoms with E-state index < -0.39 is 0 Å². The van der Waals surface area contributed by atoms with Crippen LogP contribution in [-0.4, -0.2) is 42.0 Å². The number of carbonyl (C=O) groups excluding carboxylic acids is 1. The van der Waals surface area contributed by atoms with Gasteiger partial charge in [0.1, 0.15) is 17.0 Å². The van der Waals surface area contributed by atoms with Gasteiger partial charge in [0.25, 0.3) is 0 Å². The number of para-hydroxylation sites is 1. The first kappa shape index (κ1) is 26.2. The van der Waals surface area contributed by atoms with Crippen LogP contribution < -0.4 is 20.1 Å². The van der Waals surface area contributed by atoms with Gasteiger partial charge < -0.3 is 20.1 Å². The number of anilines is 3. The predicted octanol–water partition coefficient (Wildman–Crippen LogP) is 6.41. The summed E-state index contributed by atoms with van der Waals surface area (Å²) in [5.41, 5.74) is 4.11. The van der Waals surface area contributed by atoms with Gasteiger partial charge in [-0.3, -0.25) is 4.79 Å². The van der Waals surface area contributed by atoms with Crippen LogP contribution in [0.2, 0.25) is 10.0 Å². The van der Waals surface area contributed by atoms with Gasteiger partial charge in [-0.25, -0.2) is 15.0 Å². The summed E-state index contributed by atoms with van der Waals surface area (Å²) in [6, 6.07) is 9.17. The number of pyridine rings is 1. The summed E-state index contributed by atoms with van der Waals surface area (Å²) in [5.74, 6) is 1.60. The van der Waals surface area contributed by atoms with Gasteiger partial charge in [0.2, 0.25) is 5.95 Å². The number of hydrogen-bond acceptors (Lipinski definition) is 8. The lowest BCUT2D eigenvalue weighted by Gasteiger charge is -2.16. The minimum absolute atomic E-state index is 0.0752. The fourth-order valence-corrected chi connectivity index (χ4v) is 4.63. The average molecular weight is 538 g/mol. The van der Waals surface area contributed by atoms with Crippen LogP contribution in [-0.2, 0) is 11.2 Å². The van der Waals surface area contributed by atoms with Crippen LogP contribution in [0.4, 0.5) is 17.5 Å². The Kier molecular flexibility index (Phi) is 7.80. The van der Waals surface area contributed by atoms with Crippen LogP contribution in [0.15, 0.2) is 49.2 Å². The van der Waals surface area contributed by atoms with Crippen molar-refractivity contribution in [1.82, 2.24) is 15.0 Å². The van der Waals surface area contributed by atoms with E-state index in [1.165, 1.54) is 20.3 Å². The quantitative estimate of drug-likeness (QED) is 0.236. The molecule has 0 radical (unpaired) electrons. The highest BCUT2D eigenvalue weighted by Gasteiger charge is 2.21. The zero-order valence-corrected chi connectivity index (χ0v) is 22.3. The number of nitrogens with one attached hydrogen (secondary N) is 2. The molecule has 0 aliphatic heterocycles. The van der Waals surface area contributed by atoms with Gasteiger partial charge in [-0.2, -0.15) is 0 Å². The third kappa shape index (κ3) is 5.16. The normalized spacial score (nSPS) is 10.8. The molecule has 0 fully saturated rings. The molecule has 2 heterocycles. The Morgan fingerprint density at radius 2 is 1.81 bits per heavy atom. The van der Waals surface area contributed by atoms with Gasteiger partial charge in [-0.15, -0.1) is 0 Å². The molecular formula is C27H25Cl2N5O3. The zero-order chi connectivity index (χ0) is 26.7. The first-order chi connectivity index (χ1) is 17.8. The van der Waals surface area contributed by atoms with Crippen molar-refractivity contribution in [3.8, 4) is 22.8 Å². The number of aromatic nitrogens is 3. The van der Waals surface area contributed by atoms with Gasteiger partial charge in [0.15, 0.2) is 11.6 Å². The molecule has 190 valence electrons. The van der Waals surface area contributed by atoms with Crippen molar-refractivity contribution in [3.05, 3.63) is 70.4 Å². The maximum absolute atomic E-state index is 12.0. The Hall–Kier alpha value is -3.88. The van der Waals surface area contributed by atoms with Crippen molar-refractivity contribution in [2.45, 2.75) is 13.3 Å². The van der Waals surface area contributed by atoms with Gasteiger partial charge in [-0.1, -0.05) is 48.0 Å². The highest BCUT2D eigenvalue weighted by atomic mass is 35.5. The van der Waals surface area contributed by atoms with Crippen molar-refractivity contribution < 1.29 is 14.3 Å². The molecule has 0 atom stereocenters. The molecule has 0 saturated carbocycles. The molecule has 37 heavy (non-hydrogen) atoms. The Morgan fingerprint density at radius 3 is 2.43 bits per heavy atom. The first-order valence-electron chi connectivity index (χ1n) is 11.3. The van der Waals surface area contributed by atoms with Gasteiger partial charge in [0.05, 0.1) is 30.0 Å². The lowest BCUT2D eigenvalue weighted by atomic mass is 10.0. The van der Waals surface area contributed by atoms with Crippen LogP contribution in [0, 0.1) is 6.92 Å². The second kappa shape index (κ2) is 11.0. The van der Waals surface area contributed by atoms with Gasteiger partial charge in [-0.05, 0) is 30.2 Å². The summed E-state index contributed by atoms with van der Waals surface area (Å²) in [6.45, 7) is 5.52. The number of halogens is 2. The molecule has 2 aromatic heterocycles. The van der Waals surface area contributed by atoms with E-state index in [0.717, 1.165) is 16.8 Å². The number of ether oxygens (including phenoxy) is 2. The van der Waals surface area contributed by atoms with Crippen molar-refractivity contribution in [1.29, 1.82) is 0 Å². The van der Waals surface area contributed by atoms with Crippen molar-refractivity contribution >= 4 is 57.3 Å². The fraction of sp³-hybridized carbons (Fsp3) is 0.185. The molecule has 0 unspecified atom stereocenters. The summed E-state index contributed by atoms with van der Waals surface area (Å²) in [6.07, 6.45) is 3.22. The summed E-state index contributed by atoms with van der Waals surface area (Å²) < 4.78 is 10.8. The van der Waals surface area contributed by atoms with E-state index in [1.807, 2.05) is 25.1 Å². The number of fused-ring (bicyclic) bond motifs is 1. The SMILES string of the molecule is C=CC(=O)Cc1cccc(C)c1Nc1ncc2cc(-c3c(Cl)c(OC)cc(OC)c3Cl)nc(NC)c2n1. The molecular weight excluding hydrogens is 513 g/mol. The minimum atomic E-state index is -0.0752. The second-order valence-electron chi connectivity index (χ2n) is 8.10. The molecule has 0 bridgehead atoms. The lowest BCUT2D eigenvalue weighted by molar-refractivity contribution is -0.114. The Morgan fingerprint density at radius 1 is 1.11 bits per heavy atom. The molecule has 0 saturated heterocycles. The second-order valence-corrected chi connectivity index (χ2v) is 8.86. The number of benzene rings is 2. The van der Waals surface area contributed by atoms with E-state index >= 15 is 0 Å². The van der Waals surface area contributed by atoms with E-state index in [2.05, 4.69) is 22.2 Å². The molecule has 2 N–H and O–H groups in total. The monoisotopic (exact) mass is 537 g/mol. The van der Waals surface area contributed by atoms with Gasteiger partial charge >= 0.3 is 0 Å². The number of methoxy groups -OCH3 is 2. The number of hydrogen-bond donors (Lipinski definition) is 2. The maximum atomic E-state index is 12.0. The predicted molar refractivity (Wildman–Crippen MR) is 149 cm³/mol. The minimum Gasteiger partial charge on any atom is -0.495 e. The highest BCUT2D eigenvalue weighted by molar-refractivity contribution is 6.41. The van der Waals surface area contributed by atoms with Crippen LogP contribution in [0.1, 0.15) is 11.1 Å². The topological polar surface area (TPSA) is 98.3 Å². The standard InChI is InChI=1S/C27H25Cl2N5O3/c1-6-17(35)10-15-9-7-8-14(2)24(15)33-27-31-13-16-11-18(32-26(30-3)25(16)34-27)21-22(28)19(36-4)12-20(37-5)23(21)29/h6-9,11-13H,1,10H2,2-5H3,(H,30,32)(H,31,33,34). The van der Waals surface area contributed by atoms with Crippen LogP contribution in [0.3, 0.4) is 0 Å².